The summed E-state index contributed by atoms with van der Waals surface area (Å²) in [7, 11) is 0. The van der Waals surface area contributed by atoms with E-state index in [1.54, 1.807) is 42.5 Å². The Morgan fingerprint density at radius 1 is 1.04 bits per heavy atom. The van der Waals surface area contributed by atoms with E-state index in [1.807, 2.05) is 0 Å². The van der Waals surface area contributed by atoms with Crippen LogP contribution in [0.1, 0.15) is 21.5 Å². The van der Waals surface area contributed by atoms with E-state index in [9.17, 15) is 14.3 Å². The molecule has 7 heteroatoms. The van der Waals surface area contributed by atoms with E-state index in [1.165, 1.54) is 18.2 Å². The van der Waals surface area contributed by atoms with Crippen molar-refractivity contribution in [1.82, 2.24) is 0 Å². The van der Waals surface area contributed by atoms with Crippen LogP contribution in [0.4, 0.5) is 10.1 Å². The van der Waals surface area contributed by atoms with Crippen LogP contribution < -0.4 is 10.1 Å². The molecular weight excluding hydrogens is 404 g/mol. The van der Waals surface area contributed by atoms with Gasteiger partial charge in [0.15, 0.2) is 0 Å². The third kappa shape index (κ3) is 4.94. The minimum Gasteiger partial charge on any atom is -0.488 e. The third-order valence-electron chi connectivity index (χ3n) is 4.04. The Morgan fingerprint density at radius 2 is 1.82 bits per heavy atom. The Balaban J connectivity index is 1.75. The second kappa shape index (κ2) is 8.95. The molecule has 0 atom stereocenters. The largest absolute Gasteiger partial charge is 0.488 e. The zero-order valence-electron chi connectivity index (χ0n) is 14.6. The van der Waals surface area contributed by atoms with Crippen LogP contribution in [-0.4, -0.2) is 11.1 Å². The molecule has 4 nitrogen and oxygen atoms in total. The summed E-state index contributed by atoms with van der Waals surface area (Å²) in [5.41, 5.74) is 1.78. The molecular formula is C21H16Cl2FNO3. The number of ether oxygens (including phenoxy) is 1. The molecule has 0 aliphatic carbocycles. The molecule has 0 aliphatic rings. The molecule has 0 fully saturated rings. The monoisotopic (exact) mass is 419 g/mol. The van der Waals surface area contributed by atoms with Crippen molar-refractivity contribution in [2.24, 2.45) is 0 Å². The first kappa shape index (κ1) is 20.0. The van der Waals surface area contributed by atoms with Gasteiger partial charge in [0.2, 0.25) is 0 Å². The average Bonchev–Trinajstić information content (AvgIpc) is 2.67. The second-order valence-electron chi connectivity index (χ2n) is 5.99. The fourth-order valence-electron chi connectivity index (χ4n) is 2.59. The summed E-state index contributed by atoms with van der Waals surface area (Å²) in [4.78, 5) is 11.2. The fraction of sp³-hybridized carbons (Fsp3) is 0.0952. The quantitative estimate of drug-likeness (QED) is 0.491. The van der Waals surface area contributed by atoms with Crippen molar-refractivity contribution in [3.63, 3.8) is 0 Å². The number of carboxylic acid groups (broad SMARTS) is 1. The number of nitrogens with one attached hydrogen (secondary N) is 1. The van der Waals surface area contributed by atoms with Gasteiger partial charge in [-0.25, -0.2) is 9.18 Å². The summed E-state index contributed by atoms with van der Waals surface area (Å²) < 4.78 is 19.6. The number of carbonyl (C=O) groups is 1. The molecule has 3 aromatic carbocycles. The van der Waals surface area contributed by atoms with Gasteiger partial charge in [-0.1, -0.05) is 41.4 Å². The first-order valence-corrected chi connectivity index (χ1v) is 9.11. The van der Waals surface area contributed by atoms with E-state index < -0.39 is 5.97 Å². The lowest BCUT2D eigenvalue weighted by atomic mass is 10.1. The standard InChI is InChI=1S/C21H16Cl2FNO3/c22-15-5-8-20(28-12-13-3-1-2-4-19(13)24)14(9-15)11-25-16-6-7-18(23)17(10-16)21(26)27/h1-10,25H,11-12H2,(H,26,27). The van der Waals surface area contributed by atoms with E-state index in [0.717, 1.165) is 5.56 Å². The normalized spacial score (nSPS) is 10.5. The van der Waals surface area contributed by atoms with Gasteiger partial charge in [-0.15, -0.1) is 0 Å². The van der Waals surface area contributed by atoms with Crippen LogP contribution >= 0.6 is 23.2 Å². The highest BCUT2D eigenvalue weighted by Gasteiger charge is 2.11. The summed E-state index contributed by atoms with van der Waals surface area (Å²) in [5.74, 6) is -0.892. The zero-order chi connectivity index (χ0) is 20.1. The zero-order valence-corrected chi connectivity index (χ0v) is 16.1. The summed E-state index contributed by atoms with van der Waals surface area (Å²) in [6.07, 6.45) is 0. The maximum atomic E-state index is 13.8. The van der Waals surface area contributed by atoms with Crippen LogP contribution in [0.3, 0.4) is 0 Å². The van der Waals surface area contributed by atoms with Gasteiger partial charge in [-0.3, -0.25) is 0 Å². The molecule has 2 N–H and O–H groups in total. The molecule has 0 spiro atoms. The molecule has 0 heterocycles. The highest BCUT2D eigenvalue weighted by Crippen LogP contribution is 2.26. The fourth-order valence-corrected chi connectivity index (χ4v) is 2.99. The van der Waals surface area contributed by atoms with Crippen molar-refractivity contribution in [3.05, 3.63) is 93.2 Å². The number of hydrogen-bond donors (Lipinski definition) is 2. The van der Waals surface area contributed by atoms with Crippen LogP contribution in [0.25, 0.3) is 0 Å². The Hall–Kier alpha value is -2.76. The highest BCUT2D eigenvalue weighted by atomic mass is 35.5. The van der Waals surface area contributed by atoms with Crippen LogP contribution in [0, 0.1) is 5.82 Å². The Labute approximate surface area is 171 Å². The predicted molar refractivity (Wildman–Crippen MR) is 108 cm³/mol. The van der Waals surface area contributed by atoms with Gasteiger partial charge < -0.3 is 15.2 Å². The molecule has 0 aromatic heterocycles. The van der Waals surface area contributed by atoms with Crippen LogP contribution in [0.5, 0.6) is 5.75 Å². The molecule has 3 aromatic rings. The summed E-state index contributed by atoms with van der Waals surface area (Å²) >= 11 is 12.0. The number of rotatable bonds is 7. The summed E-state index contributed by atoms with van der Waals surface area (Å²) in [6.45, 7) is 0.402. The van der Waals surface area contributed by atoms with Gasteiger partial charge >= 0.3 is 5.97 Å². The average molecular weight is 420 g/mol. The SMILES string of the molecule is O=C(O)c1cc(NCc2cc(Cl)ccc2OCc2ccccc2F)ccc1Cl. The van der Waals surface area contributed by atoms with E-state index in [0.29, 0.717) is 28.6 Å². The number of hydrogen-bond acceptors (Lipinski definition) is 3. The van der Waals surface area contributed by atoms with Crippen molar-refractivity contribution < 1.29 is 19.0 Å². The molecule has 0 bridgehead atoms. The van der Waals surface area contributed by atoms with Crippen molar-refractivity contribution in [1.29, 1.82) is 0 Å². The Bertz CT molecular complexity index is 1010. The highest BCUT2D eigenvalue weighted by molar-refractivity contribution is 6.33. The minimum atomic E-state index is -1.11. The van der Waals surface area contributed by atoms with Gasteiger partial charge in [0, 0.05) is 28.4 Å². The third-order valence-corrected chi connectivity index (χ3v) is 4.61. The molecule has 3 rings (SSSR count). The number of carboxylic acids is 1. The lowest BCUT2D eigenvalue weighted by Crippen LogP contribution is -2.06. The van der Waals surface area contributed by atoms with Gasteiger partial charge in [0.25, 0.3) is 0 Å². The first-order valence-electron chi connectivity index (χ1n) is 8.35. The predicted octanol–water partition coefficient (Wildman–Crippen LogP) is 6.02. The van der Waals surface area contributed by atoms with Crippen LogP contribution in [-0.2, 0) is 13.2 Å². The van der Waals surface area contributed by atoms with Gasteiger partial charge in [-0.05, 0) is 42.5 Å². The Kier molecular flexibility index (Phi) is 6.39. The van der Waals surface area contributed by atoms with E-state index >= 15 is 0 Å². The summed E-state index contributed by atoms with van der Waals surface area (Å²) in [5, 5.41) is 13.0. The van der Waals surface area contributed by atoms with E-state index in [-0.39, 0.29) is 23.0 Å². The van der Waals surface area contributed by atoms with Crippen molar-refractivity contribution in [3.8, 4) is 5.75 Å². The molecule has 0 saturated heterocycles. The van der Waals surface area contributed by atoms with E-state index in [4.69, 9.17) is 27.9 Å². The molecule has 0 unspecified atom stereocenters. The number of benzene rings is 3. The topological polar surface area (TPSA) is 58.6 Å². The van der Waals surface area contributed by atoms with Crippen molar-refractivity contribution in [2.75, 3.05) is 5.32 Å². The minimum absolute atomic E-state index is 0.00814. The molecule has 0 saturated carbocycles. The molecule has 28 heavy (non-hydrogen) atoms. The maximum Gasteiger partial charge on any atom is 0.337 e. The lowest BCUT2D eigenvalue weighted by molar-refractivity contribution is 0.0697. The van der Waals surface area contributed by atoms with Crippen LogP contribution in [0.15, 0.2) is 60.7 Å². The Morgan fingerprint density at radius 3 is 2.57 bits per heavy atom. The first-order chi connectivity index (χ1) is 13.4. The van der Waals surface area contributed by atoms with Crippen molar-refractivity contribution in [2.45, 2.75) is 13.2 Å². The summed E-state index contributed by atoms with van der Waals surface area (Å²) in [6, 6.07) is 16.2. The van der Waals surface area contributed by atoms with Crippen molar-refractivity contribution >= 4 is 34.9 Å². The maximum absolute atomic E-state index is 13.8. The smallest absolute Gasteiger partial charge is 0.337 e. The molecule has 0 aliphatic heterocycles. The van der Waals surface area contributed by atoms with Gasteiger partial charge in [0.05, 0.1) is 10.6 Å². The van der Waals surface area contributed by atoms with E-state index in [2.05, 4.69) is 5.32 Å². The molecule has 0 amide bonds. The van der Waals surface area contributed by atoms with Gasteiger partial charge in [0.1, 0.15) is 18.2 Å². The number of halogens is 3. The number of anilines is 1. The van der Waals surface area contributed by atoms with Gasteiger partial charge in [-0.2, -0.15) is 0 Å². The molecule has 0 radical (unpaired) electrons. The second-order valence-corrected chi connectivity index (χ2v) is 6.83. The molecule has 144 valence electrons. The number of aromatic carboxylic acids is 1. The lowest BCUT2D eigenvalue weighted by Gasteiger charge is -2.14. The van der Waals surface area contributed by atoms with Crippen LogP contribution in [0.2, 0.25) is 10.0 Å².